The number of nitrogens with zero attached hydrogens (tertiary/aromatic N) is 3. The summed E-state index contributed by atoms with van der Waals surface area (Å²) in [5.74, 6) is 1.04. The van der Waals surface area contributed by atoms with E-state index in [0.717, 1.165) is 58.4 Å². The molecule has 0 aliphatic carbocycles. The third-order valence-electron chi connectivity index (χ3n) is 6.40. The summed E-state index contributed by atoms with van der Waals surface area (Å²) in [6.45, 7) is 3.43. The van der Waals surface area contributed by atoms with Gasteiger partial charge in [0.1, 0.15) is 11.4 Å². The molecule has 0 spiro atoms. The van der Waals surface area contributed by atoms with Crippen molar-refractivity contribution in [2.45, 2.75) is 25.7 Å². The molecule has 5 heteroatoms. The number of aryl methyl sites for hydroxylation is 1. The van der Waals surface area contributed by atoms with Crippen molar-refractivity contribution in [3.8, 4) is 16.9 Å². The predicted octanol–water partition coefficient (Wildman–Crippen LogP) is 5.63. The van der Waals surface area contributed by atoms with Gasteiger partial charge in [0, 0.05) is 42.0 Å². The molecule has 1 aliphatic heterocycles. The van der Waals surface area contributed by atoms with Gasteiger partial charge in [-0.2, -0.15) is 0 Å². The van der Waals surface area contributed by atoms with Crippen LogP contribution in [0.5, 0.6) is 5.75 Å². The van der Waals surface area contributed by atoms with Crippen molar-refractivity contribution in [2.24, 2.45) is 0 Å². The molecule has 4 aromatic rings. The summed E-state index contributed by atoms with van der Waals surface area (Å²) in [5, 5.41) is 1.94. The first-order valence-electron chi connectivity index (χ1n) is 11.4. The van der Waals surface area contributed by atoms with Crippen LogP contribution in [0.25, 0.3) is 21.9 Å². The van der Waals surface area contributed by atoms with E-state index in [-0.39, 0.29) is 11.8 Å². The molecule has 1 amide bonds. The van der Waals surface area contributed by atoms with Crippen molar-refractivity contribution < 1.29 is 9.53 Å². The van der Waals surface area contributed by atoms with E-state index in [9.17, 15) is 4.79 Å². The van der Waals surface area contributed by atoms with E-state index >= 15 is 0 Å². The number of hydrogen-bond acceptors (Lipinski definition) is 4. The van der Waals surface area contributed by atoms with Gasteiger partial charge in [-0.05, 0) is 66.6 Å². The summed E-state index contributed by atoms with van der Waals surface area (Å²) in [5.41, 5.74) is 4.83. The monoisotopic (exact) mass is 437 g/mol. The smallest absolute Gasteiger partial charge is 0.273 e. The zero-order chi connectivity index (χ0) is 22.8. The first-order valence-corrected chi connectivity index (χ1v) is 11.4. The zero-order valence-electron chi connectivity index (χ0n) is 19.0. The molecule has 1 aliphatic rings. The zero-order valence-corrected chi connectivity index (χ0v) is 19.0. The Bertz CT molecular complexity index is 1300. The number of amides is 1. The van der Waals surface area contributed by atoms with Gasteiger partial charge in [-0.1, -0.05) is 36.4 Å². The molecular weight excluding hydrogens is 410 g/mol. The van der Waals surface area contributed by atoms with Crippen LogP contribution in [-0.4, -0.2) is 41.0 Å². The van der Waals surface area contributed by atoms with Gasteiger partial charge in [0.2, 0.25) is 0 Å². The summed E-state index contributed by atoms with van der Waals surface area (Å²) >= 11 is 0. The summed E-state index contributed by atoms with van der Waals surface area (Å²) in [6.07, 6.45) is 3.69. The van der Waals surface area contributed by atoms with E-state index in [1.54, 1.807) is 13.3 Å². The van der Waals surface area contributed by atoms with Crippen molar-refractivity contribution in [1.29, 1.82) is 0 Å². The Labute approximate surface area is 194 Å². The van der Waals surface area contributed by atoms with Crippen LogP contribution in [0.15, 0.2) is 72.9 Å². The van der Waals surface area contributed by atoms with E-state index in [1.165, 1.54) is 0 Å². The van der Waals surface area contributed by atoms with Gasteiger partial charge in [0.05, 0.1) is 7.11 Å². The minimum atomic E-state index is -0.000434. The lowest BCUT2D eigenvalue weighted by Crippen LogP contribution is -2.39. The summed E-state index contributed by atoms with van der Waals surface area (Å²) in [6, 6.07) is 22.2. The van der Waals surface area contributed by atoms with Crippen LogP contribution < -0.4 is 4.74 Å². The van der Waals surface area contributed by atoms with Gasteiger partial charge in [-0.3, -0.25) is 14.8 Å². The minimum absolute atomic E-state index is 0.000434. The molecule has 0 N–H and O–H groups in total. The number of fused-ring (bicyclic) bond motifs is 1. The van der Waals surface area contributed by atoms with Gasteiger partial charge in [-0.15, -0.1) is 0 Å². The van der Waals surface area contributed by atoms with Crippen LogP contribution in [0.4, 0.5) is 0 Å². The van der Waals surface area contributed by atoms with E-state index in [1.807, 2.05) is 54.3 Å². The minimum Gasteiger partial charge on any atom is -0.497 e. The quantitative estimate of drug-likeness (QED) is 0.415. The van der Waals surface area contributed by atoms with Gasteiger partial charge < -0.3 is 9.64 Å². The molecule has 1 atom stereocenters. The number of aromatic nitrogens is 2. The number of carbonyl (C=O) groups excluding carboxylic acids is 1. The second kappa shape index (κ2) is 9.02. The molecular formula is C28H27N3O2. The molecule has 2 aromatic heterocycles. The van der Waals surface area contributed by atoms with Crippen LogP contribution >= 0.6 is 0 Å². The van der Waals surface area contributed by atoms with Gasteiger partial charge >= 0.3 is 0 Å². The highest BCUT2D eigenvalue weighted by molar-refractivity contribution is 6.05. The summed E-state index contributed by atoms with van der Waals surface area (Å²) in [7, 11) is 1.67. The number of piperidine rings is 1. The number of hydrogen-bond donors (Lipinski definition) is 0. The molecule has 5 nitrogen and oxygen atoms in total. The maximum atomic E-state index is 13.4. The number of carbonyl (C=O) groups is 1. The molecule has 2 aromatic carbocycles. The van der Waals surface area contributed by atoms with Crippen LogP contribution in [-0.2, 0) is 0 Å². The SMILES string of the molecule is COc1ccc(-c2cc(C)nc([C@@H]3CCCN(C(=O)c4nccc5ccccc45)C3)c2)cc1. The van der Waals surface area contributed by atoms with Crippen molar-refractivity contribution in [1.82, 2.24) is 14.9 Å². The van der Waals surface area contributed by atoms with Crippen molar-refractivity contribution in [3.63, 3.8) is 0 Å². The van der Waals surface area contributed by atoms with Crippen LogP contribution in [0, 0.1) is 6.92 Å². The highest BCUT2D eigenvalue weighted by Crippen LogP contribution is 2.31. The fourth-order valence-corrected chi connectivity index (χ4v) is 4.70. The molecule has 5 rings (SSSR count). The molecule has 0 radical (unpaired) electrons. The second-order valence-corrected chi connectivity index (χ2v) is 8.62. The number of methoxy groups -OCH3 is 1. The molecule has 0 saturated carbocycles. The number of pyridine rings is 2. The topological polar surface area (TPSA) is 55.3 Å². The Morgan fingerprint density at radius 3 is 2.67 bits per heavy atom. The highest BCUT2D eigenvalue weighted by Gasteiger charge is 2.28. The average molecular weight is 438 g/mol. The number of benzene rings is 2. The van der Waals surface area contributed by atoms with Crippen LogP contribution in [0.3, 0.4) is 0 Å². The number of rotatable bonds is 4. The Morgan fingerprint density at radius 2 is 1.85 bits per heavy atom. The standard InChI is InChI=1S/C28H27N3O2/c1-19-16-23(20-9-11-24(33-2)12-10-20)17-26(30-19)22-7-5-15-31(18-22)28(32)27-25-8-4-3-6-21(25)13-14-29-27/h3-4,6,8-14,16-17,22H,5,7,15,18H2,1-2H3/t22-/m1/s1. The summed E-state index contributed by atoms with van der Waals surface area (Å²) < 4.78 is 5.29. The van der Waals surface area contributed by atoms with Crippen LogP contribution in [0.2, 0.25) is 0 Å². The van der Waals surface area contributed by atoms with Gasteiger partial charge in [0.15, 0.2) is 0 Å². The van der Waals surface area contributed by atoms with Crippen molar-refractivity contribution >= 4 is 16.7 Å². The second-order valence-electron chi connectivity index (χ2n) is 8.62. The van der Waals surface area contributed by atoms with E-state index in [4.69, 9.17) is 9.72 Å². The van der Waals surface area contributed by atoms with Gasteiger partial charge in [-0.25, -0.2) is 0 Å². The van der Waals surface area contributed by atoms with E-state index in [0.29, 0.717) is 12.2 Å². The van der Waals surface area contributed by atoms with E-state index < -0.39 is 0 Å². The Balaban J connectivity index is 1.41. The molecule has 0 bridgehead atoms. The molecule has 1 fully saturated rings. The van der Waals surface area contributed by atoms with Crippen LogP contribution in [0.1, 0.15) is 40.6 Å². The molecule has 33 heavy (non-hydrogen) atoms. The lowest BCUT2D eigenvalue weighted by atomic mass is 9.92. The maximum absolute atomic E-state index is 13.4. The maximum Gasteiger partial charge on any atom is 0.273 e. The Kier molecular flexibility index (Phi) is 5.78. The molecule has 166 valence electrons. The number of likely N-dealkylation sites (tertiary alicyclic amines) is 1. The molecule has 0 unspecified atom stereocenters. The largest absolute Gasteiger partial charge is 0.497 e. The Morgan fingerprint density at radius 1 is 1.03 bits per heavy atom. The molecule has 1 saturated heterocycles. The normalized spacial score (nSPS) is 16.1. The van der Waals surface area contributed by atoms with Crippen molar-refractivity contribution in [2.75, 3.05) is 20.2 Å². The first kappa shape index (κ1) is 21.1. The van der Waals surface area contributed by atoms with E-state index in [2.05, 4.69) is 29.2 Å². The first-order chi connectivity index (χ1) is 16.1. The third kappa shape index (κ3) is 4.31. The lowest BCUT2D eigenvalue weighted by Gasteiger charge is -2.32. The average Bonchev–Trinajstić information content (AvgIpc) is 2.87. The predicted molar refractivity (Wildman–Crippen MR) is 131 cm³/mol. The van der Waals surface area contributed by atoms with Gasteiger partial charge in [0.25, 0.3) is 5.91 Å². The fourth-order valence-electron chi connectivity index (χ4n) is 4.70. The molecule has 3 heterocycles. The lowest BCUT2D eigenvalue weighted by molar-refractivity contribution is 0.0702. The Hall–Kier alpha value is -3.73. The number of ether oxygens (including phenoxy) is 1. The highest BCUT2D eigenvalue weighted by atomic mass is 16.5. The summed E-state index contributed by atoms with van der Waals surface area (Å²) in [4.78, 5) is 24.7. The fraction of sp³-hybridized carbons (Fsp3) is 0.250. The van der Waals surface area contributed by atoms with Crippen molar-refractivity contribution in [3.05, 3.63) is 90.0 Å². The third-order valence-corrected chi connectivity index (χ3v) is 6.40.